The third-order valence-corrected chi connectivity index (χ3v) is 3.12. The number of amides is 1. The first kappa shape index (κ1) is 17.4. The first-order chi connectivity index (χ1) is 8.49. The zero-order chi connectivity index (χ0) is 14.0. The number of aliphatic hydroxyl groups excluding tert-OH is 1. The highest BCUT2D eigenvalue weighted by atomic mass is 16.3. The third kappa shape index (κ3) is 9.42. The highest BCUT2D eigenvalue weighted by Crippen LogP contribution is 2.14. The Morgan fingerprint density at radius 2 is 2.00 bits per heavy atom. The summed E-state index contributed by atoms with van der Waals surface area (Å²) in [4.78, 5) is 11.7. The summed E-state index contributed by atoms with van der Waals surface area (Å²) >= 11 is 0. The molecule has 4 N–H and O–H groups in total. The molecular formula is C14H30N2O2. The number of hydrogen-bond acceptors (Lipinski definition) is 3. The molecule has 108 valence electrons. The maximum atomic E-state index is 11.7. The lowest BCUT2D eigenvalue weighted by atomic mass is 9.94. The van der Waals surface area contributed by atoms with Gasteiger partial charge in [-0.1, -0.05) is 20.8 Å². The third-order valence-electron chi connectivity index (χ3n) is 3.12. The number of nitrogens with one attached hydrogen (secondary N) is 1. The average molecular weight is 258 g/mol. The molecule has 0 aromatic carbocycles. The van der Waals surface area contributed by atoms with Crippen molar-refractivity contribution in [2.45, 2.75) is 46.5 Å². The monoisotopic (exact) mass is 258 g/mol. The number of carbonyl (C=O) groups is 1. The average Bonchev–Trinajstić information content (AvgIpc) is 2.32. The normalized spacial score (nSPS) is 14.6. The van der Waals surface area contributed by atoms with Gasteiger partial charge < -0.3 is 16.2 Å². The van der Waals surface area contributed by atoms with Gasteiger partial charge in [0.1, 0.15) is 0 Å². The lowest BCUT2D eigenvalue weighted by Gasteiger charge is -2.16. The van der Waals surface area contributed by atoms with Crippen LogP contribution in [0.5, 0.6) is 0 Å². The van der Waals surface area contributed by atoms with E-state index in [4.69, 9.17) is 10.8 Å². The van der Waals surface area contributed by atoms with Crippen LogP contribution in [0.25, 0.3) is 0 Å². The fourth-order valence-corrected chi connectivity index (χ4v) is 2.03. The maximum Gasteiger partial charge on any atom is 0.220 e. The second-order valence-corrected chi connectivity index (χ2v) is 5.72. The summed E-state index contributed by atoms with van der Waals surface area (Å²) in [5.74, 6) is 1.29. The Morgan fingerprint density at radius 1 is 1.33 bits per heavy atom. The van der Waals surface area contributed by atoms with Gasteiger partial charge in [-0.3, -0.25) is 4.79 Å². The SMILES string of the molecule is CC(C)C[C@H](CN)CC(=O)NCCCC(C)CO. The van der Waals surface area contributed by atoms with Crippen molar-refractivity contribution in [2.75, 3.05) is 19.7 Å². The van der Waals surface area contributed by atoms with Crippen LogP contribution in [0, 0.1) is 17.8 Å². The van der Waals surface area contributed by atoms with E-state index >= 15 is 0 Å². The Balaban J connectivity index is 3.68. The first-order valence-electron chi connectivity index (χ1n) is 7.07. The minimum atomic E-state index is 0.0998. The van der Waals surface area contributed by atoms with E-state index in [1.54, 1.807) is 0 Å². The van der Waals surface area contributed by atoms with Crippen LogP contribution in [0.1, 0.15) is 46.5 Å². The smallest absolute Gasteiger partial charge is 0.220 e. The highest BCUT2D eigenvalue weighted by Gasteiger charge is 2.13. The Labute approximate surface area is 111 Å². The molecule has 0 bridgehead atoms. The molecule has 0 fully saturated rings. The molecule has 0 saturated heterocycles. The minimum absolute atomic E-state index is 0.0998. The molecule has 0 aliphatic carbocycles. The van der Waals surface area contributed by atoms with Crippen molar-refractivity contribution < 1.29 is 9.90 Å². The molecular weight excluding hydrogens is 228 g/mol. The molecule has 0 radical (unpaired) electrons. The number of aliphatic hydroxyl groups is 1. The minimum Gasteiger partial charge on any atom is -0.396 e. The van der Waals surface area contributed by atoms with E-state index in [1.807, 2.05) is 6.92 Å². The van der Waals surface area contributed by atoms with E-state index in [1.165, 1.54) is 0 Å². The molecule has 2 atom stereocenters. The summed E-state index contributed by atoms with van der Waals surface area (Å²) in [5.41, 5.74) is 5.67. The maximum absolute atomic E-state index is 11.7. The van der Waals surface area contributed by atoms with Gasteiger partial charge in [0, 0.05) is 19.6 Å². The van der Waals surface area contributed by atoms with E-state index in [9.17, 15) is 4.79 Å². The van der Waals surface area contributed by atoms with Gasteiger partial charge in [-0.2, -0.15) is 0 Å². The molecule has 0 aromatic heterocycles. The lowest BCUT2D eigenvalue weighted by Crippen LogP contribution is -2.29. The van der Waals surface area contributed by atoms with Gasteiger partial charge in [0.05, 0.1) is 0 Å². The van der Waals surface area contributed by atoms with E-state index < -0.39 is 0 Å². The summed E-state index contributed by atoms with van der Waals surface area (Å²) in [6, 6.07) is 0. The fraction of sp³-hybridized carbons (Fsp3) is 0.929. The summed E-state index contributed by atoms with van der Waals surface area (Å²) < 4.78 is 0. The second-order valence-electron chi connectivity index (χ2n) is 5.72. The number of carbonyl (C=O) groups excluding carboxylic acids is 1. The Bertz CT molecular complexity index is 220. The number of rotatable bonds is 10. The summed E-state index contributed by atoms with van der Waals surface area (Å²) in [6.07, 6.45) is 3.41. The molecule has 1 amide bonds. The van der Waals surface area contributed by atoms with Crippen LogP contribution >= 0.6 is 0 Å². The van der Waals surface area contributed by atoms with Gasteiger partial charge >= 0.3 is 0 Å². The molecule has 0 rings (SSSR count). The van der Waals surface area contributed by atoms with Crippen molar-refractivity contribution in [2.24, 2.45) is 23.5 Å². The lowest BCUT2D eigenvalue weighted by molar-refractivity contribution is -0.122. The summed E-state index contributed by atoms with van der Waals surface area (Å²) in [6.45, 7) is 7.80. The molecule has 0 spiro atoms. The molecule has 0 aliphatic rings. The van der Waals surface area contributed by atoms with Gasteiger partial charge in [0.2, 0.25) is 5.91 Å². The van der Waals surface area contributed by atoms with Gasteiger partial charge in [-0.25, -0.2) is 0 Å². The standard InChI is InChI=1S/C14H30N2O2/c1-11(2)7-13(9-15)8-14(18)16-6-4-5-12(3)10-17/h11-13,17H,4-10,15H2,1-3H3,(H,16,18)/t12?,13-/m0/s1. The Hall–Kier alpha value is -0.610. The Kier molecular flexibility index (Phi) is 9.98. The van der Waals surface area contributed by atoms with Gasteiger partial charge in [0.25, 0.3) is 0 Å². The summed E-state index contributed by atoms with van der Waals surface area (Å²) in [7, 11) is 0. The van der Waals surface area contributed by atoms with Crippen molar-refractivity contribution in [1.29, 1.82) is 0 Å². The van der Waals surface area contributed by atoms with Gasteiger partial charge in [-0.05, 0) is 43.6 Å². The zero-order valence-corrected chi connectivity index (χ0v) is 12.1. The van der Waals surface area contributed by atoms with Crippen molar-refractivity contribution in [3.8, 4) is 0 Å². The van der Waals surface area contributed by atoms with Crippen LogP contribution < -0.4 is 11.1 Å². The predicted octanol–water partition coefficient (Wildman–Crippen LogP) is 1.52. The molecule has 18 heavy (non-hydrogen) atoms. The fourth-order valence-electron chi connectivity index (χ4n) is 2.03. The molecule has 0 aliphatic heterocycles. The van der Waals surface area contributed by atoms with Crippen molar-refractivity contribution in [1.82, 2.24) is 5.32 Å². The molecule has 4 heteroatoms. The molecule has 4 nitrogen and oxygen atoms in total. The van der Waals surface area contributed by atoms with E-state index in [0.717, 1.165) is 19.3 Å². The molecule has 0 saturated carbocycles. The van der Waals surface area contributed by atoms with Crippen molar-refractivity contribution >= 4 is 5.91 Å². The van der Waals surface area contributed by atoms with Crippen LogP contribution in [0.15, 0.2) is 0 Å². The molecule has 0 heterocycles. The van der Waals surface area contributed by atoms with Crippen molar-refractivity contribution in [3.63, 3.8) is 0 Å². The first-order valence-corrected chi connectivity index (χ1v) is 7.07. The van der Waals surface area contributed by atoms with E-state index in [0.29, 0.717) is 37.3 Å². The second kappa shape index (κ2) is 10.3. The van der Waals surface area contributed by atoms with E-state index in [-0.39, 0.29) is 12.5 Å². The quantitative estimate of drug-likeness (QED) is 0.520. The molecule has 1 unspecified atom stereocenters. The van der Waals surface area contributed by atoms with Crippen LogP contribution in [0.4, 0.5) is 0 Å². The predicted molar refractivity (Wildman–Crippen MR) is 75.1 cm³/mol. The van der Waals surface area contributed by atoms with Gasteiger partial charge in [0.15, 0.2) is 0 Å². The zero-order valence-electron chi connectivity index (χ0n) is 12.1. The number of nitrogens with two attached hydrogens (primary N) is 1. The van der Waals surface area contributed by atoms with Gasteiger partial charge in [-0.15, -0.1) is 0 Å². The largest absolute Gasteiger partial charge is 0.396 e. The topological polar surface area (TPSA) is 75.4 Å². The Morgan fingerprint density at radius 3 is 2.50 bits per heavy atom. The molecule has 0 aromatic rings. The highest BCUT2D eigenvalue weighted by molar-refractivity contribution is 5.76. The number of hydrogen-bond donors (Lipinski definition) is 3. The van der Waals surface area contributed by atoms with Crippen LogP contribution in [0.2, 0.25) is 0 Å². The van der Waals surface area contributed by atoms with E-state index in [2.05, 4.69) is 19.2 Å². The van der Waals surface area contributed by atoms with Crippen LogP contribution in [-0.4, -0.2) is 30.7 Å². The summed E-state index contributed by atoms with van der Waals surface area (Å²) in [5, 5.41) is 11.8. The van der Waals surface area contributed by atoms with Crippen LogP contribution in [0.3, 0.4) is 0 Å². The van der Waals surface area contributed by atoms with Crippen LogP contribution in [-0.2, 0) is 4.79 Å². The van der Waals surface area contributed by atoms with Crippen molar-refractivity contribution in [3.05, 3.63) is 0 Å².